The third-order valence-corrected chi connectivity index (χ3v) is 4.13. The Labute approximate surface area is 165 Å². The fourth-order valence-electron chi connectivity index (χ4n) is 2.83. The smallest absolute Gasteiger partial charge is 0.289 e. The minimum Gasteiger partial charge on any atom is -0.335 e. The molecule has 0 bridgehead atoms. The van der Waals surface area contributed by atoms with Gasteiger partial charge in [0.1, 0.15) is 11.9 Å². The summed E-state index contributed by atoms with van der Waals surface area (Å²) in [7, 11) is 0. The molecule has 1 atom stereocenters. The number of Topliss-reactive ketones (excluding diaryl/α,β-unsaturated/α-hetero) is 1. The zero-order chi connectivity index (χ0) is 19.5. The molecule has 0 aliphatic carbocycles. The van der Waals surface area contributed by atoms with E-state index in [2.05, 4.69) is 5.32 Å². The van der Waals surface area contributed by atoms with E-state index in [-0.39, 0.29) is 43.3 Å². The molecule has 1 aromatic carbocycles. The summed E-state index contributed by atoms with van der Waals surface area (Å²) >= 11 is 0. The number of hydrogen-bond acceptors (Lipinski definition) is 4. The van der Waals surface area contributed by atoms with Crippen molar-refractivity contribution in [2.24, 2.45) is 11.3 Å². The van der Waals surface area contributed by atoms with Gasteiger partial charge in [-0.2, -0.15) is 18.8 Å². The molecule has 0 aromatic heterocycles. The molecule has 1 saturated heterocycles. The summed E-state index contributed by atoms with van der Waals surface area (Å²) in [5, 5.41) is 11.5. The minimum atomic E-state index is -0.652. The number of ketones is 1. The molecule has 0 radical (unpaired) electrons. The van der Waals surface area contributed by atoms with Gasteiger partial charge in [0.05, 0.1) is 11.5 Å². The van der Waals surface area contributed by atoms with Gasteiger partial charge < -0.3 is 10.2 Å². The predicted octanol–water partition coefficient (Wildman–Crippen LogP) is 2.60. The maximum atomic E-state index is 13.3. The quantitative estimate of drug-likeness (QED) is 0.796. The maximum Gasteiger partial charge on any atom is 0.289 e. The summed E-state index contributed by atoms with van der Waals surface area (Å²) in [4.78, 5) is 38.1. The Morgan fingerprint density at radius 2 is 2.00 bits per heavy atom. The zero-order valence-corrected chi connectivity index (χ0v) is 16.6. The van der Waals surface area contributed by atoms with Crippen LogP contribution < -0.4 is 5.32 Å². The van der Waals surface area contributed by atoms with Gasteiger partial charge in [-0.1, -0.05) is 20.8 Å². The lowest BCUT2D eigenvalue weighted by Gasteiger charge is -2.20. The fourth-order valence-corrected chi connectivity index (χ4v) is 2.83. The second-order valence-electron chi connectivity index (χ2n) is 7.69. The van der Waals surface area contributed by atoms with E-state index in [0.717, 1.165) is 6.07 Å². The van der Waals surface area contributed by atoms with Gasteiger partial charge in [-0.25, -0.2) is 4.39 Å². The van der Waals surface area contributed by atoms with Crippen LogP contribution in [0.5, 0.6) is 0 Å². The number of rotatable bonds is 4. The molecule has 8 heteroatoms. The molecule has 0 unspecified atom stereocenters. The highest BCUT2D eigenvalue weighted by Crippen LogP contribution is 2.23. The molecule has 1 aliphatic heterocycles. The number of carbonyl (C=O) groups is 3. The molecule has 2 rings (SSSR count). The van der Waals surface area contributed by atoms with Crippen molar-refractivity contribution < 1.29 is 18.8 Å². The van der Waals surface area contributed by atoms with Crippen LogP contribution in [0.4, 0.5) is 10.1 Å². The average Bonchev–Trinajstić information content (AvgIpc) is 3.04. The van der Waals surface area contributed by atoms with Crippen molar-refractivity contribution in [2.45, 2.75) is 33.6 Å². The van der Waals surface area contributed by atoms with Crippen LogP contribution in [0.15, 0.2) is 18.2 Å². The molecule has 27 heavy (non-hydrogen) atoms. The highest BCUT2D eigenvalue weighted by atomic mass is 32.1. The van der Waals surface area contributed by atoms with E-state index < -0.39 is 23.4 Å². The third-order valence-electron chi connectivity index (χ3n) is 4.13. The molecule has 1 heterocycles. The van der Waals surface area contributed by atoms with Gasteiger partial charge in [0, 0.05) is 25.2 Å². The van der Waals surface area contributed by atoms with Crippen molar-refractivity contribution in [1.82, 2.24) is 4.90 Å². The van der Waals surface area contributed by atoms with Crippen molar-refractivity contribution >= 4 is 36.8 Å². The summed E-state index contributed by atoms with van der Waals surface area (Å²) in [5.41, 5.74) is -0.107. The number of carbonyl (C=O) groups excluding carboxylic acids is 3. The van der Waals surface area contributed by atoms with Gasteiger partial charge >= 0.3 is 0 Å². The van der Waals surface area contributed by atoms with E-state index >= 15 is 0 Å². The standard InChI is InChI=1S/C19H22FN3O3.H2S/c1-19(2,3)9-16(24)18(26)23-7-6-12(11-23)17(25)22-14-4-5-15(20)13(8-14)10-21;/h4-5,8,12H,6-7,9,11H2,1-3H3,(H,22,25);1H2/t12-;/m0./s1. The highest BCUT2D eigenvalue weighted by Gasteiger charge is 2.34. The molecule has 1 N–H and O–H groups in total. The first kappa shape index (κ1) is 22.6. The lowest BCUT2D eigenvalue weighted by atomic mass is 9.89. The SMILES string of the molecule is CC(C)(C)CC(=O)C(=O)N1CC[C@H](C(=O)Nc2ccc(F)c(C#N)c2)C1.S. The maximum absolute atomic E-state index is 13.3. The second kappa shape index (κ2) is 9.00. The van der Waals surface area contributed by atoms with E-state index in [4.69, 9.17) is 5.26 Å². The number of halogens is 1. The van der Waals surface area contributed by atoms with Gasteiger partial charge in [-0.05, 0) is 30.0 Å². The second-order valence-corrected chi connectivity index (χ2v) is 7.69. The summed E-state index contributed by atoms with van der Waals surface area (Å²) in [5.74, 6) is -2.42. The molecule has 0 saturated carbocycles. The predicted molar refractivity (Wildman–Crippen MR) is 104 cm³/mol. The topological polar surface area (TPSA) is 90.3 Å². The summed E-state index contributed by atoms with van der Waals surface area (Å²) < 4.78 is 13.3. The van der Waals surface area contributed by atoms with Crippen LogP contribution in [-0.2, 0) is 14.4 Å². The van der Waals surface area contributed by atoms with E-state index in [9.17, 15) is 18.8 Å². The van der Waals surface area contributed by atoms with Gasteiger partial charge in [-0.3, -0.25) is 14.4 Å². The molecule has 6 nitrogen and oxygen atoms in total. The van der Waals surface area contributed by atoms with Gasteiger partial charge in [0.2, 0.25) is 11.7 Å². The number of benzene rings is 1. The number of hydrogen-bond donors (Lipinski definition) is 1. The van der Waals surface area contributed by atoms with Crippen LogP contribution in [0, 0.1) is 28.5 Å². The first-order valence-electron chi connectivity index (χ1n) is 8.43. The first-order chi connectivity index (χ1) is 12.1. The van der Waals surface area contributed by atoms with Crippen LogP contribution >= 0.6 is 13.5 Å². The summed E-state index contributed by atoms with van der Waals surface area (Å²) in [6.07, 6.45) is 0.610. The Hall–Kier alpha value is -2.40. The van der Waals surface area contributed by atoms with Gasteiger partial charge in [-0.15, -0.1) is 0 Å². The lowest BCUT2D eigenvalue weighted by Crippen LogP contribution is -2.37. The Bertz CT molecular complexity index is 783. The molecule has 2 amide bonds. The van der Waals surface area contributed by atoms with Crippen LogP contribution in [0.25, 0.3) is 0 Å². The number of likely N-dealkylation sites (tertiary alicyclic amines) is 1. The average molecular weight is 393 g/mol. The molecule has 1 aromatic rings. The van der Waals surface area contributed by atoms with E-state index in [1.54, 1.807) is 6.07 Å². The molecule has 0 spiro atoms. The van der Waals surface area contributed by atoms with E-state index in [0.29, 0.717) is 18.7 Å². The van der Waals surface area contributed by atoms with Crippen LogP contribution in [0.3, 0.4) is 0 Å². The molecular weight excluding hydrogens is 369 g/mol. The Balaban J connectivity index is 0.00000364. The van der Waals surface area contributed by atoms with Gasteiger partial charge in [0.25, 0.3) is 5.91 Å². The van der Waals surface area contributed by atoms with Crippen LogP contribution in [-0.4, -0.2) is 35.6 Å². The van der Waals surface area contributed by atoms with Crippen molar-refractivity contribution in [2.75, 3.05) is 18.4 Å². The molecule has 1 fully saturated rings. The van der Waals surface area contributed by atoms with Gasteiger partial charge in [0.15, 0.2) is 0 Å². The Kier molecular flexibility index (Phi) is 7.55. The number of amides is 2. The number of nitrogens with zero attached hydrogens (tertiary/aromatic N) is 2. The Morgan fingerprint density at radius 1 is 1.33 bits per heavy atom. The largest absolute Gasteiger partial charge is 0.335 e. The van der Waals surface area contributed by atoms with Crippen molar-refractivity contribution in [3.05, 3.63) is 29.6 Å². The van der Waals surface area contributed by atoms with Crippen LogP contribution in [0.2, 0.25) is 0 Å². The highest BCUT2D eigenvalue weighted by molar-refractivity contribution is 7.59. The Morgan fingerprint density at radius 3 is 2.59 bits per heavy atom. The van der Waals surface area contributed by atoms with E-state index in [1.165, 1.54) is 17.0 Å². The fraction of sp³-hybridized carbons (Fsp3) is 0.474. The monoisotopic (exact) mass is 393 g/mol. The number of anilines is 1. The zero-order valence-electron chi connectivity index (χ0n) is 15.6. The van der Waals surface area contributed by atoms with Crippen molar-refractivity contribution in [3.63, 3.8) is 0 Å². The lowest BCUT2D eigenvalue weighted by molar-refractivity contribution is -0.145. The van der Waals surface area contributed by atoms with Crippen molar-refractivity contribution in [3.8, 4) is 6.07 Å². The molecule has 1 aliphatic rings. The summed E-state index contributed by atoms with van der Waals surface area (Å²) in [6, 6.07) is 5.47. The number of nitriles is 1. The normalized spacial score (nSPS) is 16.3. The first-order valence-corrected chi connectivity index (χ1v) is 8.43. The van der Waals surface area contributed by atoms with E-state index in [1.807, 2.05) is 20.8 Å². The van der Waals surface area contributed by atoms with Crippen molar-refractivity contribution in [1.29, 1.82) is 5.26 Å². The van der Waals surface area contributed by atoms with Crippen LogP contribution in [0.1, 0.15) is 39.2 Å². The molecular formula is C19H24FN3O3S. The molecule has 146 valence electrons. The summed E-state index contributed by atoms with van der Waals surface area (Å²) in [6.45, 7) is 6.18. The number of nitrogens with one attached hydrogen (secondary N) is 1. The minimum absolute atomic E-state index is 0. The third kappa shape index (κ3) is 6.07.